The molecule has 0 heterocycles. The molecule has 0 fully saturated rings. The van der Waals surface area contributed by atoms with E-state index in [-0.39, 0.29) is 17.3 Å². The van der Waals surface area contributed by atoms with E-state index < -0.39 is 21.8 Å². The molecule has 5 nitrogen and oxygen atoms in total. The Labute approximate surface area is 125 Å². The molecule has 0 aromatic heterocycles. The van der Waals surface area contributed by atoms with Crippen molar-refractivity contribution in [3.63, 3.8) is 0 Å². The Morgan fingerprint density at radius 1 is 1.33 bits per heavy atom. The number of carbonyl (C=O) groups excluding carboxylic acids is 1. The highest BCUT2D eigenvalue weighted by molar-refractivity contribution is 7.89. The summed E-state index contributed by atoms with van der Waals surface area (Å²) in [5.41, 5.74) is 0.707. The maximum Gasteiger partial charge on any atom is 0.243 e. The largest absolute Gasteiger partial charge is 0.359 e. The lowest BCUT2D eigenvalue weighted by molar-refractivity contribution is -0.124. The number of rotatable bonds is 5. The summed E-state index contributed by atoms with van der Waals surface area (Å²) in [6.07, 6.45) is 0. The Morgan fingerprint density at radius 2 is 1.81 bits per heavy atom. The molecule has 1 rings (SSSR count). The molecule has 21 heavy (non-hydrogen) atoms. The minimum absolute atomic E-state index is 0.0538. The summed E-state index contributed by atoms with van der Waals surface area (Å²) in [5, 5.41) is 2.48. The fourth-order valence-corrected chi connectivity index (χ4v) is 3.94. The summed E-state index contributed by atoms with van der Waals surface area (Å²) in [7, 11) is -0.852. The summed E-state index contributed by atoms with van der Waals surface area (Å²) in [4.78, 5) is 11.6. The van der Waals surface area contributed by atoms with Crippen molar-refractivity contribution in [1.29, 1.82) is 0 Å². The molecular formula is C14H21FN2O3S. The second-order valence-corrected chi connectivity index (χ2v) is 7.15. The van der Waals surface area contributed by atoms with E-state index in [0.717, 1.165) is 4.31 Å². The van der Waals surface area contributed by atoms with Crippen molar-refractivity contribution < 1.29 is 17.6 Å². The average molecular weight is 316 g/mol. The lowest BCUT2D eigenvalue weighted by Gasteiger charge is -2.22. The highest BCUT2D eigenvalue weighted by Gasteiger charge is 2.27. The van der Waals surface area contributed by atoms with Crippen molar-refractivity contribution in [2.45, 2.75) is 25.7 Å². The summed E-state index contributed by atoms with van der Waals surface area (Å²) >= 11 is 0. The van der Waals surface area contributed by atoms with Crippen LogP contribution in [0.4, 0.5) is 4.39 Å². The molecule has 0 aliphatic heterocycles. The lowest BCUT2D eigenvalue weighted by Crippen LogP contribution is -2.37. The standard InChI is InChI=1S/C14H21FN2O3S/c1-9-6-12(15)7-10(2)13(9)21(19,20)17(5)8-11(3)14(18)16-4/h6-7,11H,8H2,1-5H3,(H,16,18). The number of aryl methyl sites for hydroxylation is 2. The Balaban J connectivity index is 3.15. The quantitative estimate of drug-likeness (QED) is 0.894. The topological polar surface area (TPSA) is 66.5 Å². The molecule has 7 heteroatoms. The minimum atomic E-state index is -3.77. The molecule has 1 atom stereocenters. The molecule has 0 radical (unpaired) electrons. The van der Waals surface area contributed by atoms with Crippen molar-refractivity contribution >= 4 is 15.9 Å². The number of carbonyl (C=O) groups is 1. The van der Waals surface area contributed by atoms with Crippen LogP contribution in [0.2, 0.25) is 0 Å². The zero-order chi connectivity index (χ0) is 16.4. The minimum Gasteiger partial charge on any atom is -0.359 e. The van der Waals surface area contributed by atoms with Crippen LogP contribution in [0.5, 0.6) is 0 Å². The first-order valence-corrected chi connectivity index (χ1v) is 8.00. The molecular weight excluding hydrogens is 295 g/mol. The first-order chi connectivity index (χ1) is 9.61. The number of hydrogen-bond donors (Lipinski definition) is 1. The van der Waals surface area contributed by atoms with Crippen LogP contribution >= 0.6 is 0 Å². The van der Waals surface area contributed by atoms with Gasteiger partial charge in [-0.05, 0) is 37.1 Å². The summed E-state index contributed by atoms with van der Waals surface area (Å²) in [6.45, 7) is 4.81. The average Bonchev–Trinajstić information content (AvgIpc) is 2.35. The van der Waals surface area contributed by atoms with Gasteiger partial charge in [0.2, 0.25) is 15.9 Å². The molecule has 118 valence electrons. The van der Waals surface area contributed by atoms with Crippen LogP contribution in [-0.2, 0) is 14.8 Å². The maximum absolute atomic E-state index is 13.3. The first kappa shape index (κ1) is 17.6. The molecule has 0 spiro atoms. The van der Waals surface area contributed by atoms with E-state index in [9.17, 15) is 17.6 Å². The molecule has 1 N–H and O–H groups in total. The van der Waals surface area contributed by atoms with Crippen LogP contribution in [0.3, 0.4) is 0 Å². The molecule has 1 aromatic rings. The van der Waals surface area contributed by atoms with Gasteiger partial charge in [0.25, 0.3) is 0 Å². The van der Waals surface area contributed by atoms with E-state index >= 15 is 0 Å². The molecule has 1 unspecified atom stereocenters. The Kier molecular flexibility index (Phi) is 5.47. The monoisotopic (exact) mass is 316 g/mol. The number of sulfonamides is 1. The van der Waals surface area contributed by atoms with Gasteiger partial charge < -0.3 is 5.32 Å². The van der Waals surface area contributed by atoms with Gasteiger partial charge in [-0.2, -0.15) is 0 Å². The SMILES string of the molecule is CNC(=O)C(C)CN(C)S(=O)(=O)c1c(C)cc(F)cc1C. The zero-order valence-electron chi connectivity index (χ0n) is 12.9. The van der Waals surface area contributed by atoms with Gasteiger partial charge in [0.15, 0.2) is 0 Å². The smallest absolute Gasteiger partial charge is 0.243 e. The molecule has 1 amide bonds. The van der Waals surface area contributed by atoms with Crippen molar-refractivity contribution in [2.24, 2.45) is 5.92 Å². The molecule has 0 saturated carbocycles. The van der Waals surface area contributed by atoms with E-state index in [2.05, 4.69) is 5.32 Å². The highest BCUT2D eigenvalue weighted by atomic mass is 32.2. The Hall–Kier alpha value is -1.47. The van der Waals surface area contributed by atoms with Gasteiger partial charge >= 0.3 is 0 Å². The number of benzene rings is 1. The summed E-state index contributed by atoms with van der Waals surface area (Å²) < 4.78 is 39.6. The van der Waals surface area contributed by atoms with Gasteiger partial charge in [0.05, 0.1) is 4.90 Å². The van der Waals surface area contributed by atoms with Crippen molar-refractivity contribution in [3.8, 4) is 0 Å². The van der Waals surface area contributed by atoms with E-state index in [1.807, 2.05) is 0 Å². The third-order valence-corrected chi connectivity index (χ3v) is 5.45. The van der Waals surface area contributed by atoms with Gasteiger partial charge in [-0.1, -0.05) is 6.92 Å². The predicted octanol–water partition coefficient (Wildman–Crippen LogP) is 1.45. The number of nitrogens with one attached hydrogen (secondary N) is 1. The second kappa shape index (κ2) is 6.53. The van der Waals surface area contributed by atoms with Crippen molar-refractivity contribution in [1.82, 2.24) is 9.62 Å². The van der Waals surface area contributed by atoms with Gasteiger partial charge in [-0.15, -0.1) is 0 Å². The number of amides is 1. The Bertz CT molecular complexity index is 621. The van der Waals surface area contributed by atoms with Crippen LogP contribution in [-0.4, -0.2) is 39.3 Å². The lowest BCUT2D eigenvalue weighted by atomic mass is 10.1. The van der Waals surface area contributed by atoms with Crippen molar-refractivity contribution in [3.05, 3.63) is 29.1 Å². The predicted molar refractivity (Wildman–Crippen MR) is 78.9 cm³/mol. The van der Waals surface area contributed by atoms with Crippen LogP contribution in [0.15, 0.2) is 17.0 Å². The van der Waals surface area contributed by atoms with Crippen LogP contribution in [0.1, 0.15) is 18.1 Å². The third kappa shape index (κ3) is 3.79. The van der Waals surface area contributed by atoms with E-state index in [1.165, 1.54) is 26.2 Å². The number of nitrogens with zero attached hydrogens (tertiary/aromatic N) is 1. The fourth-order valence-electron chi connectivity index (χ4n) is 2.27. The van der Waals surface area contributed by atoms with Gasteiger partial charge in [-0.25, -0.2) is 17.1 Å². The molecule has 0 saturated heterocycles. The zero-order valence-corrected chi connectivity index (χ0v) is 13.7. The van der Waals surface area contributed by atoms with Gasteiger partial charge in [0.1, 0.15) is 5.82 Å². The highest BCUT2D eigenvalue weighted by Crippen LogP contribution is 2.24. The molecule has 0 bridgehead atoms. The molecule has 1 aromatic carbocycles. The molecule has 0 aliphatic rings. The third-order valence-electron chi connectivity index (χ3n) is 3.32. The number of halogens is 1. The molecule has 0 aliphatic carbocycles. The van der Waals surface area contributed by atoms with E-state index in [1.54, 1.807) is 20.8 Å². The van der Waals surface area contributed by atoms with Gasteiger partial charge in [-0.3, -0.25) is 4.79 Å². The van der Waals surface area contributed by atoms with Crippen LogP contribution in [0, 0.1) is 25.6 Å². The van der Waals surface area contributed by atoms with E-state index in [4.69, 9.17) is 0 Å². The normalized spacial score (nSPS) is 13.3. The van der Waals surface area contributed by atoms with Crippen LogP contribution < -0.4 is 5.32 Å². The first-order valence-electron chi connectivity index (χ1n) is 6.56. The fraction of sp³-hybridized carbons (Fsp3) is 0.500. The Morgan fingerprint density at radius 3 is 2.24 bits per heavy atom. The van der Waals surface area contributed by atoms with Crippen molar-refractivity contribution in [2.75, 3.05) is 20.6 Å². The van der Waals surface area contributed by atoms with Crippen LogP contribution in [0.25, 0.3) is 0 Å². The number of hydrogen-bond acceptors (Lipinski definition) is 3. The second-order valence-electron chi connectivity index (χ2n) is 5.17. The maximum atomic E-state index is 13.3. The summed E-state index contributed by atoms with van der Waals surface area (Å²) in [6, 6.07) is 2.38. The summed E-state index contributed by atoms with van der Waals surface area (Å²) in [5.74, 6) is -1.18. The van der Waals surface area contributed by atoms with Gasteiger partial charge in [0, 0.05) is 26.6 Å². The van der Waals surface area contributed by atoms with E-state index in [0.29, 0.717) is 11.1 Å².